The highest BCUT2D eigenvalue weighted by Gasteiger charge is 2.24. The van der Waals surface area contributed by atoms with Crippen LogP contribution in [0.15, 0.2) is 24.4 Å². The van der Waals surface area contributed by atoms with Crippen LogP contribution in [0, 0.1) is 0 Å². The highest BCUT2D eigenvalue weighted by molar-refractivity contribution is 5.74. The highest BCUT2D eigenvalue weighted by Crippen LogP contribution is 2.26. The van der Waals surface area contributed by atoms with E-state index in [4.69, 9.17) is 5.11 Å². The first-order valence-electron chi connectivity index (χ1n) is 8.18. The number of pyridine rings is 1. The molecule has 0 aliphatic carbocycles. The third-order valence-electron chi connectivity index (χ3n) is 4.12. The molecule has 0 radical (unpaired) electrons. The summed E-state index contributed by atoms with van der Waals surface area (Å²) in [6, 6.07) is 5.49. The number of rotatable bonds is 5. The number of nitrogens with one attached hydrogen (secondary N) is 1. The van der Waals surface area contributed by atoms with Crippen molar-refractivity contribution in [3.05, 3.63) is 35.7 Å². The molecular formula is C17H21N5O3. The molecule has 0 fully saturated rings. The van der Waals surface area contributed by atoms with Gasteiger partial charge in [0.1, 0.15) is 11.5 Å². The van der Waals surface area contributed by atoms with Gasteiger partial charge in [-0.2, -0.15) is 0 Å². The van der Waals surface area contributed by atoms with Crippen LogP contribution in [0.25, 0.3) is 11.5 Å². The summed E-state index contributed by atoms with van der Waals surface area (Å²) in [7, 11) is 0. The van der Waals surface area contributed by atoms with Crippen molar-refractivity contribution in [1.82, 2.24) is 19.9 Å². The number of anilines is 1. The zero-order valence-electron chi connectivity index (χ0n) is 14.0. The lowest BCUT2D eigenvalue weighted by Gasteiger charge is -2.28. The lowest BCUT2D eigenvalue weighted by Crippen LogP contribution is -2.36. The van der Waals surface area contributed by atoms with E-state index >= 15 is 0 Å². The van der Waals surface area contributed by atoms with Crippen LogP contribution in [0.1, 0.15) is 18.2 Å². The number of aliphatic hydroxyl groups excluding tert-OH is 2. The Kier molecular flexibility index (Phi) is 5.20. The molecule has 3 rings (SSSR count). The van der Waals surface area contributed by atoms with Gasteiger partial charge in [0.05, 0.1) is 24.9 Å². The van der Waals surface area contributed by atoms with Gasteiger partial charge in [0.15, 0.2) is 5.82 Å². The number of amides is 1. The fourth-order valence-corrected chi connectivity index (χ4v) is 2.73. The Labute approximate surface area is 145 Å². The van der Waals surface area contributed by atoms with Gasteiger partial charge in [-0.3, -0.25) is 9.78 Å². The summed E-state index contributed by atoms with van der Waals surface area (Å²) >= 11 is 0. The van der Waals surface area contributed by atoms with E-state index in [0.29, 0.717) is 36.8 Å². The van der Waals surface area contributed by atoms with E-state index in [-0.39, 0.29) is 19.1 Å². The fraction of sp³-hybridized carbons (Fsp3) is 0.412. The van der Waals surface area contributed by atoms with Crippen molar-refractivity contribution >= 4 is 11.7 Å². The molecule has 0 spiro atoms. The fourth-order valence-electron chi connectivity index (χ4n) is 2.73. The largest absolute Gasteiger partial charge is 0.394 e. The molecule has 1 aliphatic rings. The van der Waals surface area contributed by atoms with Crippen LogP contribution in [-0.2, 0) is 17.8 Å². The standard InChI is InChI=1S/C17H21N5O3/c1-11(24)22-7-5-13-15(9-22)20-17(14-4-2-3-6-18-14)21-16(13)19-8-12(25)10-23/h2-4,6,12,23,25H,5,7-10H2,1H3,(H,19,20,21). The van der Waals surface area contributed by atoms with Gasteiger partial charge in [-0.25, -0.2) is 9.97 Å². The second kappa shape index (κ2) is 7.54. The van der Waals surface area contributed by atoms with Crippen LogP contribution in [0.2, 0.25) is 0 Å². The molecule has 3 heterocycles. The summed E-state index contributed by atoms with van der Waals surface area (Å²) < 4.78 is 0. The Morgan fingerprint density at radius 1 is 1.40 bits per heavy atom. The second-order valence-corrected chi connectivity index (χ2v) is 5.94. The first kappa shape index (κ1) is 17.2. The first-order valence-corrected chi connectivity index (χ1v) is 8.18. The summed E-state index contributed by atoms with van der Waals surface area (Å²) in [6.07, 6.45) is 1.43. The van der Waals surface area contributed by atoms with E-state index in [2.05, 4.69) is 20.3 Å². The minimum atomic E-state index is -0.874. The second-order valence-electron chi connectivity index (χ2n) is 5.94. The van der Waals surface area contributed by atoms with E-state index in [1.165, 1.54) is 0 Å². The molecule has 2 aromatic rings. The van der Waals surface area contributed by atoms with E-state index in [9.17, 15) is 9.90 Å². The summed E-state index contributed by atoms with van der Waals surface area (Å²) in [5, 5.41) is 21.7. The predicted molar refractivity (Wildman–Crippen MR) is 91.6 cm³/mol. The Hall–Kier alpha value is -2.58. The monoisotopic (exact) mass is 343 g/mol. The summed E-state index contributed by atoms with van der Waals surface area (Å²) in [4.78, 5) is 26.9. The van der Waals surface area contributed by atoms with Gasteiger partial charge in [0.25, 0.3) is 0 Å². The van der Waals surface area contributed by atoms with Crippen molar-refractivity contribution < 1.29 is 15.0 Å². The molecule has 0 bridgehead atoms. The third-order valence-corrected chi connectivity index (χ3v) is 4.12. The molecule has 2 aromatic heterocycles. The molecule has 8 nitrogen and oxygen atoms in total. The van der Waals surface area contributed by atoms with Gasteiger partial charge in [0.2, 0.25) is 5.91 Å². The quantitative estimate of drug-likeness (QED) is 0.711. The van der Waals surface area contributed by atoms with Crippen LogP contribution in [0.4, 0.5) is 5.82 Å². The Morgan fingerprint density at radius 2 is 2.24 bits per heavy atom. The maximum absolute atomic E-state index is 11.7. The molecule has 1 unspecified atom stereocenters. The Balaban J connectivity index is 1.98. The van der Waals surface area contributed by atoms with Crippen LogP contribution in [0.3, 0.4) is 0 Å². The number of aliphatic hydroxyl groups is 2. The zero-order chi connectivity index (χ0) is 17.8. The maximum Gasteiger partial charge on any atom is 0.219 e. The molecule has 1 atom stereocenters. The number of hydrogen-bond acceptors (Lipinski definition) is 7. The number of fused-ring (bicyclic) bond motifs is 1. The highest BCUT2D eigenvalue weighted by atomic mass is 16.3. The third kappa shape index (κ3) is 3.92. The smallest absolute Gasteiger partial charge is 0.219 e. The number of hydrogen-bond donors (Lipinski definition) is 3. The molecule has 0 saturated carbocycles. The number of aromatic nitrogens is 3. The van der Waals surface area contributed by atoms with Crippen molar-refractivity contribution in [3.63, 3.8) is 0 Å². The summed E-state index contributed by atoms with van der Waals surface area (Å²) in [5.41, 5.74) is 2.34. The average Bonchev–Trinajstić information content (AvgIpc) is 2.65. The first-order chi connectivity index (χ1) is 12.1. The predicted octanol–water partition coefficient (Wildman–Crippen LogP) is 0.208. The van der Waals surface area contributed by atoms with Crippen molar-refractivity contribution in [2.75, 3.05) is 25.0 Å². The molecule has 132 valence electrons. The number of nitrogens with zero attached hydrogens (tertiary/aromatic N) is 4. The van der Waals surface area contributed by atoms with E-state index in [0.717, 1.165) is 11.3 Å². The molecular weight excluding hydrogens is 322 g/mol. The zero-order valence-corrected chi connectivity index (χ0v) is 14.0. The average molecular weight is 343 g/mol. The van der Waals surface area contributed by atoms with Gasteiger partial charge in [-0.1, -0.05) is 6.07 Å². The normalized spacial score (nSPS) is 14.8. The molecule has 8 heteroatoms. The Bertz CT molecular complexity index is 753. The van der Waals surface area contributed by atoms with Crippen molar-refractivity contribution in [2.45, 2.75) is 26.0 Å². The lowest BCUT2D eigenvalue weighted by atomic mass is 10.0. The SMILES string of the molecule is CC(=O)N1CCc2c(nc(-c3ccccn3)nc2NCC(O)CO)C1. The number of carbonyl (C=O) groups is 1. The van der Waals surface area contributed by atoms with Gasteiger partial charge >= 0.3 is 0 Å². The van der Waals surface area contributed by atoms with Crippen molar-refractivity contribution in [3.8, 4) is 11.5 Å². The van der Waals surface area contributed by atoms with Gasteiger partial charge in [-0.15, -0.1) is 0 Å². The number of carbonyl (C=O) groups excluding carboxylic acids is 1. The molecule has 3 N–H and O–H groups in total. The minimum absolute atomic E-state index is 0.00820. The van der Waals surface area contributed by atoms with Crippen LogP contribution in [0.5, 0.6) is 0 Å². The molecule has 1 aliphatic heterocycles. The van der Waals surface area contributed by atoms with Crippen LogP contribution in [-0.4, -0.2) is 61.8 Å². The topological polar surface area (TPSA) is 111 Å². The summed E-state index contributed by atoms with van der Waals surface area (Å²) in [6.45, 7) is 2.42. The van der Waals surface area contributed by atoms with Crippen LogP contribution < -0.4 is 5.32 Å². The molecule has 0 saturated heterocycles. The van der Waals surface area contributed by atoms with E-state index < -0.39 is 6.10 Å². The van der Waals surface area contributed by atoms with Crippen molar-refractivity contribution in [2.24, 2.45) is 0 Å². The van der Waals surface area contributed by atoms with E-state index in [1.54, 1.807) is 18.0 Å². The maximum atomic E-state index is 11.7. The lowest BCUT2D eigenvalue weighted by molar-refractivity contribution is -0.129. The molecule has 0 aromatic carbocycles. The van der Waals surface area contributed by atoms with Crippen LogP contribution >= 0.6 is 0 Å². The molecule has 25 heavy (non-hydrogen) atoms. The van der Waals surface area contributed by atoms with Crippen molar-refractivity contribution in [1.29, 1.82) is 0 Å². The minimum Gasteiger partial charge on any atom is -0.394 e. The Morgan fingerprint density at radius 3 is 2.92 bits per heavy atom. The summed E-state index contributed by atoms with van der Waals surface area (Å²) in [5.74, 6) is 1.08. The van der Waals surface area contributed by atoms with Gasteiger partial charge in [0, 0.05) is 31.8 Å². The van der Waals surface area contributed by atoms with Gasteiger partial charge < -0.3 is 20.4 Å². The van der Waals surface area contributed by atoms with E-state index in [1.807, 2.05) is 18.2 Å². The molecule has 1 amide bonds. The van der Waals surface area contributed by atoms with Gasteiger partial charge in [-0.05, 0) is 18.6 Å².